The van der Waals surface area contributed by atoms with Crippen LogP contribution in [0.2, 0.25) is 0 Å². The monoisotopic (exact) mass is 598 g/mol. The van der Waals surface area contributed by atoms with Crippen molar-refractivity contribution in [3.63, 3.8) is 0 Å². The van der Waals surface area contributed by atoms with Gasteiger partial charge in [0.1, 0.15) is 0 Å². The van der Waals surface area contributed by atoms with Gasteiger partial charge in [0.25, 0.3) is 0 Å². The van der Waals surface area contributed by atoms with Crippen molar-refractivity contribution in [1.82, 2.24) is 0 Å². The molecule has 0 spiro atoms. The first kappa shape index (κ1) is 31.7. The molecule has 0 aliphatic heterocycles. The van der Waals surface area contributed by atoms with Gasteiger partial charge in [-0.05, 0) is 47.6 Å². The zero-order chi connectivity index (χ0) is 29.4. The Morgan fingerprint density at radius 2 is 0.930 bits per heavy atom. The Hall–Kier alpha value is -2.67. The van der Waals surface area contributed by atoms with Crippen LogP contribution >= 0.6 is 0 Å². The molecule has 8 rings (SSSR count). The summed E-state index contributed by atoms with van der Waals surface area (Å²) in [5, 5.41) is 11.9. The fourth-order valence-corrected chi connectivity index (χ4v) is 7.45. The van der Waals surface area contributed by atoms with Crippen molar-refractivity contribution < 1.29 is 21.7 Å². The quantitative estimate of drug-likeness (QED) is 0.137. The number of fused-ring (bicyclic) bond motifs is 4. The topological polar surface area (TPSA) is 0 Å². The molecule has 2 aliphatic carbocycles. The van der Waals surface area contributed by atoms with Gasteiger partial charge in [0.05, 0.1) is 0 Å². The predicted molar refractivity (Wildman–Crippen MR) is 186 cm³/mol. The zero-order valence-electron chi connectivity index (χ0n) is 26.8. The summed E-state index contributed by atoms with van der Waals surface area (Å²) in [5.74, 6) is 0. The van der Waals surface area contributed by atoms with Crippen LogP contribution in [0.4, 0.5) is 0 Å². The largest absolute Gasteiger partial charge is 4.00 e. The Bertz CT molecular complexity index is 1750. The zero-order valence-corrected chi connectivity index (χ0v) is 28.3. The smallest absolute Gasteiger partial charge is 0.343 e. The number of rotatable bonds is 5. The van der Waals surface area contributed by atoms with Gasteiger partial charge in [-0.1, -0.05) is 112 Å². The van der Waals surface area contributed by atoms with E-state index in [4.69, 9.17) is 0 Å². The second kappa shape index (κ2) is 13.5. The van der Waals surface area contributed by atoms with Crippen molar-refractivity contribution in [3.8, 4) is 0 Å². The van der Waals surface area contributed by atoms with Crippen molar-refractivity contribution >= 4 is 43.1 Å². The molecule has 0 aromatic heterocycles. The van der Waals surface area contributed by atoms with Crippen LogP contribution < -0.4 is 0 Å². The Kier molecular flexibility index (Phi) is 10.00. The van der Waals surface area contributed by atoms with Crippen LogP contribution in [0.1, 0.15) is 84.0 Å². The molecule has 43 heavy (non-hydrogen) atoms. The van der Waals surface area contributed by atoms with Gasteiger partial charge in [-0.25, -0.2) is 0 Å². The third-order valence-electron chi connectivity index (χ3n) is 9.72. The van der Waals surface area contributed by atoms with Crippen LogP contribution in [0.25, 0.3) is 43.1 Å². The minimum Gasteiger partial charge on any atom is -0.343 e. The maximum absolute atomic E-state index is 3.60. The van der Waals surface area contributed by atoms with E-state index in [1.807, 2.05) is 0 Å². The van der Waals surface area contributed by atoms with Crippen LogP contribution in [-0.4, -0.2) is 0 Å². The predicted octanol–water partition coefficient (Wildman–Crippen LogP) is 11.6. The summed E-state index contributed by atoms with van der Waals surface area (Å²) in [5.41, 5.74) is 12.2. The van der Waals surface area contributed by atoms with Gasteiger partial charge in [0.2, 0.25) is 0 Å². The summed E-state index contributed by atoms with van der Waals surface area (Å²) in [6.07, 6.45) is 11.6. The Labute approximate surface area is 274 Å². The minimum atomic E-state index is 0. The average Bonchev–Trinajstić information content (AvgIpc) is 3.78. The van der Waals surface area contributed by atoms with Crippen molar-refractivity contribution in [2.45, 2.75) is 91.9 Å². The van der Waals surface area contributed by atoms with Crippen molar-refractivity contribution in [2.75, 3.05) is 0 Å². The van der Waals surface area contributed by atoms with E-state index in [-0.39, 0.29) is 21.7 Å². The molecule has 0 fully saturated rings. The van der Waals surface area contributed by atoms with Gasteiger partial charge in [0, 0.05) is 0 Å². The van der Waals surface area contributed by atoms with E-state index in [9.17, 15) is 0 Å². The third-order valence-corrected chi connectivity index (χ3v) is 9.72. The van der Waals surface area contributed by atoms with E-state index >= 15 is 0 Å². The van der Waals surface area contributed by atoms with E-state index < -0.39 is 0 Å². The number of hydrogen-bond donors (Lipinski definition) is 0. The van der Waals surface area contributed by atoms with E-state index in [1.54, 1.807) is 22.3 Å². The van der Waals surface area contributed by atoms with Gasteiger partial charge >= 0.3 is 21.7 Å². The minimum absolute atomic E-state index is 0. The molecule has 6 aromatic rings. The summed E-state index contributed by atoms with van der Waals surface area (Å²) < 4.78 is 0. The first-order valence-corrected chi connectivity index (χ1v) is 16.3. The summed E-state index contributed by atoms with van der Waals surface area (Å²) in [7, 11) is 0. The molecule has 0 saturated heterocycles. The number of benzene rings is 4. The summed E-state index contributed by atoms with van der Waals surface area (Å²) in [4.78, 5) is 0. The molecule has 0 N–H and O–H groups in total. The van der Waals surface area contributed by atoms with Crippen molar-refractivity contribution in [2.24, 2.45) is 0 Å². The molecule has 2 aliphatic rings. The molecule has 6 aromatic carbocycles. The number of hydrogen-bond acceptors (Lipinski definition) is 0. The van der Waals surface area contributed by atoms with Crippen LogP contribution in [0.15, 0.2) is 60.7 Å². The van der Waals surface area contributed by atoms with Gasteiger partial charge < -0.3 is 13.8 Å². The van der Waals surface area contributed by atoms with Crippen LogP contribution in [0.3, 0.4) is 0 Å². The van der Waals surface area contributed by atoms with Gasteiger partial charge in [0.15, 0.2) is 0 Å². The molecular formula is C42H46Ti. The van der Waals surface area contributed by atoms with Gasteiger partial charge in [-0.3, -0.25) is 0 Å². The van der Waals surface area contributed by atoms with Crippen LogP contribution in [0, 0.1) is 27.7 Å². The molecule has 218 valence electrons. The normalized spacial score (nSPS) is 12.9. The maximum Gasteiger partial charge on any atom is 4.00 e. The molecule has 0 amide bonds. The van der Waals surface area contributed by atoms with Crippen molar-refractivity contribution in [1.29, 1.82) is 0 Å². The van der Waals surface area contributed by atoms with E-state index in [0.29, 0.717) is 0 Å². The van der Waals surface area contributed by atoms with Crippen molar-refractivity contribution in [3.05, 3.63) is 119 Å². The summed E-state index contributed by atoms with van der Waals surface area (Å²) in [6, 6.07) is 23.8. The third kappa shape index (κ3) is 5.67. The number of aryl methyl sites for hydroxylation is 8. The van der Waals surface area contributed by atoms with Crippen LogP contribution in [0.5, 0.6) is 0 Å². The standard InChI is InChI=1S/C34H28.2C4H9.Ti/c1-19-15-29-27-7-3-5-21-9-11-23(33(21)27)17-31(29)25(19)13-14-26-20(2)16-30-28-8-4-6-22-10-12-24(34(22)28)18-32(26)30;2*1-3-4-2;/h3-8,15-18H,9-14H2,1-2H3;2*1,3-4H2,2H3;/q-2;2*-1;+4. The van der Waals surface area contributed by atoms with Crippen LogP contribution in [-0.2, 0) is 60.2 Å². The van der Waals surface area contributed by atoms with Gasteiger partial charge in [-0.2, -0.15) is 25.0 Å². The SMILES string of the molecule is Cc1cc2c3cccc4c3c(cc2[c-]1CC[c-]1c(C)cc2c3cccc5c3c(cc21)CC5)CC4.[CH2-]CCC.[CH2-]CCC.[Ti+4]. The fourth-order valence-electron chi connectivity index (χ4n) is 7.45. The Morgan fingerprint density at radius 1 is 0.558 bits per heavy atom. The Balaban J connectivity index is 0.000000369. The van der Waals surface area contributed by atoms with E-state index in [0.717, 1.165) is 25.7 Å². The molecular weight excluding hydrogens is 552 g/mol. The molecule has 0 radical (unpaired) electrons. The fraction of sp³-hybridized carbons (Fsp3) is 0.333. The maximum atomic E-state index is 3.60. The second-order valence-corrected chi connectivity index (χ2v) is 12.5. The molecule has 1 heteroatoms. The molecule has 0 bridgehead atoms. The first-order valence-electron chi connectivity index (χ1n) is 16.3. The molecule has 0 nitrogen and oxygen atoms in total. The van der Waals surface area contributed by atoms with E-state index in [1.165, 1.54) is 104 Å². The average molecular weight is 599 g/mol. The van der Waals surface area contributed by atoms with E-state index in [2.05, 4.69) is 102 Å². The summed E-state index contributed by atoms with van der Waals surface area (Å²) >= 11 is 0. The summed E-state index contributed by atoms with van der Waals surface area (Å²) in [6.45, 7) is 16.1. The Morgan fingerprint density at radius 3 is 1.30 bits per heavy atom. The molecule has 0 heterocycles. The first-order chi connectivity index (χ1) is 20.5. The number of unbranched alkanes of at least 4 members (excludes halogenated alkanes) is 2. The molecule has 0 saturated carbocycles. The second-order valence-electron chi connectivity index (χ2n) is 12.5. The van der Waals surface area contributed by atoms with Gasteiger partial charge in [-0.15, -0.1) is 55.9 Å². The molecule has 0 unspecified atom stereocenters. The molecule has 0 atom stereocenters.